The van der Waals surface area contributed by atoms with E-state index in [2.05, 4.69) is 20.3 Å². The predicted molar refractivity (Wildman–Crippen MR) is 99.5 cm³/mol. The molecule has 7 nitrogen and oxygen atoms in total. The van der Waals surface area contributed by atoms with Gasteiger partial charge in [-0.1, -0.05) is 5.16 Å². The Labute approximate surface area is 159 Å². The number of amides is 1. The lowest BCUT2D eigenvalue weighted by molar-refractivity contribution is -0.119. The summed E-state index contributed by atoms with van der Waals surface area (Å²) >= 11 is 0. The summed E-state index contributed by atoms with van der Waals surface area (Å²) in [7, 11) is 0. The Morgan fingerprint density at radius 2 is 1.78 bits per heavy atom. The Morgan fingerprint density at radius 3 is 2.41 bits per heavy atom. The van der Waals surface area contributed by atoms with Crippen molar-refractivity contribution in [2.45, 2.75) is 81.8 Å². The quantitative estimate of drug-likeness (QED) is 0.877. The van der Waals surface area contributed by atoms with Crippen molar-refractivity contribution in [3.8, 4) is 0 Å². The zero-order chi connectivity index (χ0) is 18.0. The average molecular weight is 371 g/mol. The highest BCUT2D eigenvalue weighted by Gasteiger charge is 2.47. The smallest absolute Gasteiger partial charge is 0.324 e. The number of fused-ring (bicyclic) bond motifs is 2. The fourth-order valence-corrected chi connectivity index (χ4v) is 6.07. The van der Waals surface area contributed by atoms with Crippen molar-refractivity contribution in [2.75, 3.05) is 24.5 Å². The van der Waals surface area contributed by atoms with Crippen LogP contribution in [0.3, 0.4) is 0 Å². The summed E-state index contributed by atoms with van der Waals surface area (Å²) in [5.74, 6) is 1.72. The van der Waals surface area contributed by atoms with Crippen LogP contribution >= 0.6 is 0 Å². The van der Waals surface area contributed by atoms with E-state index in [0.29, 0.717) is 24.0 Å². The molecule has 0 aromatic carbocycles. The first-order valence-corrected chi connectivity index (χ1v) is 10.8. The van der Waals surface area contributed by atoms with Gasteiger partial charge in [-0.3, -0.25) is 4.79 Å². The minimum absolute atomic E-state index is 0.246. The zero-order valence-corrected chi connectivity index (χ0v) is 15.9. The van der Waals surface area contributed by atoms with Crippen molar-refractivity contribution in [3.05, 3.63) is 5.82 Å². The van der Waals surface area contributed by atoms with Crippen LogP contribution in [0.2, 0.25) is 0 Å². The Bertz CT molecular complexity index is 722. The summed E-state index contributed by atoms with van der Waals surface area (Å²) in [5, 5.41) is 7.28. The Kier molecular flexibility index (Phi) is 3.59. The van der Waals surface area contributed by atoms with Crippen molar-refractivity contribution in [2.24, 2.45) is 5.41 Å². The highest BCUT2D eigenvalue weighted by Crippen LogP contribution is 2.44. The fraction of sp³-hybridized carbons (Fsp3) is 0.850. The third-order valence-corrected chi connectivity index (χ3v) is 7.87. The maximum atomic E-state index is 11.7. The van der Waals surface area contributed by atoms with Gasteiger partial charge in [-0.15, -0.1) is 0 Å². The van der Waals surface area contributed by atoms with E-state index in [1.54, 1.807) is 0 Å². The van der Waals surface area contributed by atoms with E-state index in [0.717, 1.165) is 50.7 Å². The summed E-state index contributed by atoms with van der Waals surface area (Å²) in [4.78, 5) is 21.5. The predicted octanol–water partition coefficient (Wildman–Crippen LogP) is 2.05. The minimum atomic E-state index is 0.246. The molecule has 1 aromatic heterocycles. The number of carbonyl (C=O) groups excluding carboxylic acids is 1. The average Bonchev–Trinajstić information content (AvgIpc) is 3.22. The van der Waals surface area contributed by atoms with Gasteiger partial charge in [0.1, 0.15) is 0 Å². The van der Waals surface area contributed by atoms with Crippen LogP contribution < -0.4 is 10.2 Å². The molecule has 1 aliphatic carbocycles. The SMILES string of the molecule is O=C1CC2(CCN(C3CC4CCC(C3)N4c3nc(C4CC4)no3)CC2)CN1. The number of hydrogen-bond donors (Lipinski definition) is 1. The van der Waals surface area contributed by atoms with E-state index in [1.807, 2.05) is 0 Å². The number of anilines is 1. The van der Waals surface area contributed by atoms with Crippen molar-refractivity contribution in [3.63, 3.8) is 0 Å². The Morgan fingerprint density at radius 1 is 1.04 bits per heavy atom. The fourth-order valence-electron chi connectivity index (χ4n) is 6.07. The maximum absolute atomic E-state index is 11.7. The van der Waals surface area contributed by atoms with Crippen molar-refractivity contribution < 1.29 is 9.32 Å². The second-order valence-electron chi connectivity index (χ2n) is 9.62. The van der Waals surface area contributed by atoms with Crippen molar-refractivity contribution in [1.29, 1.82) is 0 Å². The first-order chi connectivity index (χ1) is 13.2. The molecular formula is C20H29N5O2. The van der Waals surface area contributed by atoms with Crippen LogP contribution in [0.5, 0.6) is 0 Å². The highest BCUT2D eigenvalue weighted by atomic mass is 16.5. The lowest BCUT2D eigenvalue weighted by Gasteiger charge is -2.46. The second-order valence-corrected chi connectivity index (χ2v) is 9.62. The molecule has 4 saturated heterocycles. The van der Waals surface area contributed by atoms with Crippen LogP contribution in [0.15, 0.2) is 4.52 Å². The molecule has 5 aliphatic rings. The number of aromatic nitrogens is 2. The molecule has 5 fully saturated rings. The molecule has 1 amide bonds. The molecular weight excluding hydrogens is 342 g/mol. The molecule has 6 rings (SSSR count). The molecule has 2 unspecified atom stereocenters. The van der Waals surface area contributed by atoms with Gasteiger partial charge < -0.3 is 19.6 Å². The number of nitrogens with one attached hydrogen (secondary N) is 1. The standard InChI is InChI=1S/C20H29N5O2/c26-17-11-20(12-21-17)5-7-24(8-6-20)16-9-14-3-4-15(10-16)25(14)19-22-18(23-27-19)13-1-2-13/h13-16H,1-12H2,(H,21,26). The summed E-state index contributed by atoms with van der Waals surface area (Å²) in [6, 6.07) is 2.54. The largest absolute Gasteiger partial charge is 0.356 e. The van der Waals surface area contributed by atoms with Gasteiger partial charge >= 0.3 is 6.01 Å². The lowest BCUT2D eigenvalue weighted by Crippen LogP contribution is -2.53. The lowest BCUT2D eigenvalue weighted by atomic mass is 9.77. The Balaban J connectivity index is 1.11. The molecule has 1 spiro atoms. The summed E-state index contributed by atoms with van der Waals surface area (Å²) in [5.41, 5.74) is 0.246. The molecule has 2 atom stereocenters. The van der Waals surface area contributed by atoms with Crippen LogP contribution in [0.4, 0.5) is 6.01 Å². The summed E-state index contributed by atoms with van der Waals surface area (Å²) in [6.45, 7) is 3.18. The van der Waals surface area contributed by atoms with E-state index in [4.69, 9.17) is 9.51 Å². The van der Waals surface area contributed by atoms with Gasteiger partial charge in [0.15, 0.2) is 5.82 Å². The summed E-state index contributed by atoms with van der Waals surface area (Å²) < 4.78 is 5.65. The molecule has 4 aliphatic heterocycles. The van der Waals surface area contributed by atoms with Crippen LogP contribution in [0, 0.1) is 5.41 Å². The van der Waals surface area contributed by atoms with Gasteiger partial charge in [0.05, 0.1) is 0 Å². The number of nitrogens with zero attached hydrogens (tertiary/aromatic N) is 4. The van der Waals surface area contributed by atoms with Gasteiger partial charge in [0.2, 0.25) is 5.91 Å². The van der Waals surface area contributed by atoms with Crippen molar-refractivity contribution in [1.82, 2.24) is 20.4 Å². The third kappa shape index (κ3) is 2.77. The first kappa shape index (κ1) is 16.3. The molecule has 146 valence electrons. The monoisotopic (exact) mass is 371 g/mol. The van der Waals surface area contributed by atoms with Gasteiger partial charge in [-0.2, -0.15) is 4.98 Å². The van der Waals surface area contributed by atoms with Crippen LogP contribution in [0.25, 0.3) is 0 Å². The Hall–Kier alpha value is -1.63. The van der Waals surface area contributed by atoms with E-state index < -0.39 is 0 Å². The number of likely N-dealkylation sites (tertiary alicyclic amines) is 1. The van der Waals surface area contributed by atoms with Gasteiger partial charge in [-0.05, 0) is 69.9 Å². The number of rotatable bonds is 3. The number of hydrogen-bond acceptors (Lipinski definition) is 6. The van der Waals surface area contributed by atoms with E-state index in [9.17, 15) is 4.79 Å². The molecule has 1 N–H and O–H groups in total. The third-order valence-electron chi connectivity index (χ3n) is 7.87. The van der Waals surface area contributed by atoms with Gasteiger partial charge in [-0.25, -0.2) is 0 Å². The molecule has 7 heteroatoms. The molecule has 0 radical (unpaired) electrons. The van der Waals surface area contributed by atoms with Gasteiger partial charge in [0, 0.05) is 37.0 Å². The minimum Gasteiger partial charge on any atom is -0.356 e. The molecule has 5 heterocycles. The van der Waals surface area contributed by atoms with Gasteiger partial charge in [0.25, 0.3) is 0 Å². The van der Waals surface area contributed by atoms with Crippen LogP contribution in [-0.2, 0) is 4.79 Å². The van der Waals surface area contributed by atoms with Crippen molar-refractivity contribution >= 4 is 11.9 Å². The highest BCUT2D eigenvalue weighted by molar-refractivity contribution is 5.79. The normalized spacial score (nSPS) is 35.8. The second kappa shape index (κ2) is 5.93. The van der Waals surface area contributed by atoms with E-state index in [1.165, 1.54) is 38.5 Å². The molecule has 1 saturated carbocycles. The summed E-state index contributed by atoms with van der Waals surface area (Å²) in [6.07, 6.45) is 10.4. The molecule has 2 bridgehead atoms. The van der Waals surface area contributed by atoms with Crippen LogP contribution in [-0.4, -0.2) is 58.7 Å². The first-order valence-electron chi connectivity index (χ1n) is 10.8. The van der Waals surface area contributed by atoms with E-state index >= 15 is 0 Å². The van der Waals surface area contributed by atoms with E-state index in [-0.39, 0.29) is 11.3 Å². The maximum Gasteiger partial charge on any atom is 0.324 e. The topological polar surface area (TPSA) is 74.5 Å². The number of piperidine rings is 2. The number of carbonyl (C=O) groups is 1. The zero-order valence-electron chi connectivity index (χ0n) is 15.9. The molecule has 1 aromatic rings. The van der Waals surface area contributed by atoms with Crippen LogP contribution in [0.1, 0.15) is 69.5 Å². The molecule has 27 heavy (non-hydrogen) atoms.